The summed E-state index contributed by atoms with van der Waals surface area (Å²) in [6, 6.07) is 3.34. The van der Waals surface area contributed by atoms with Gasteiger partial charge in [-0.2, -0.15) is 9.57 Å². The smallest absolute Gasteiger partial charge is 0.292 e. The average molecular weight is 393 g/mol. The number of hydrogen-bond donors (Lipinski definition) is 1. The number of hydrogen-bond acceptors (Lipinski definition) is 6. The number of carbonyl (C=O) groups excluding carboxylic acids is 1. The van der Waals surface area contributed by atoms with Gasteiger partial charge in [-0.3, -0.25) is 4.79 Å². The molecule has 1 aliphatic rings. The summed E-state index contributed by atoms with van der Waals surface area (Å²) in [4.78, 5) is 13.5. The molecule has 138 valence electrons. The molecule has 0 aliphatic carbocycles. The molecule has 0 spiro atoms. The van der Waals surface area contributed by atoms with Gasteiger partial charge in [-0.25, -0.2) is 8.42 Å². The zero-order chi connectivity index (χ0) is 19.1. The molecular weight excluding hydrogens is 374 g/mol. The van der Waals surface area contributed by atoms with Crippen LogP contribution in [0.4, 0.5) is 5.00 Å². The quantitative estimate of drug-likeness (QED) is 0.859. The van der Waals surface area contributed by atoms with E-state index in [9.17, 15) is 18.5 Å². The fourth-order valence-corrected chi connectivity index (χ4v) is 5.60. The van der Waals surface area contributed by atoms with Crippen LogP contribution in [0.2, 0.25) is 0 Å². The van der Waals surface area contributed by atoms with Crippen LogP contribution in [0.25, 0.3) is 0 Å². The predicted molar refractivity (Wildman–Crippen MR) is 97.9 cm³/mol. The summed E-state index contributed by atoms with van der Waals surface area (Å²) in [6.07, 6.45) is 1.66. The van der Waals surface area contributed by atoms with Crippen LogP contribution >= 0.6 is 11.3 Å². The van der Waals surface area contributed by atoms with Crippen molar-refractivity contribution in [3.05, 3.63) is 33.6 Å². The minimum atomic E-state index is -3.66. The van der Waals surface area contributed by atoms with Crippen molar-refractivity contribution in [1.29, 1.82) is 5.26 Å². The van der Waals surface area contributed by atoms with E-state index in [2.05, 4.69) is 11.4 Å². The number of anilines is 1. The summed E-state index contributed by atoms with van der Waals surface area (Å²) in [7, 11) is -3.66. The molecule has 1 saturated heterocycles. The summed E-state index contributed by atoms with van der Waals surface area (Å²) in [5.74, 6) is -0.484. The number of furan rings is 1. The maximum absolute atomic E-state index is 12.7. The lowest BCUT2D eigenvalue weighted by Gasteiger charge is -2.14. The van der Waals surface area contributed by atoms with Crippen molar-refractivity contribution in [1.82, 2.24) is 4.31 Å². The number of sulfonamides is 1. The van der Waals surface area contributed by atoms with Crippen LogP contribution < -0.4 is 5.32 Å². The highest BCUT2D eigenvalue weighted by atomic mass is 32.2. The molecule has 9 heteroatoms. The van der Waals surface area contributed by atoms with Gasteiger partial charge in [0.05, 0.1) is 5.56 Å². The van der Waals surface area contributed by atoms with E-state index in [0.717, 1.165) is 23.3 Å². The first-order valence-corrected chi connectivity index (χ1v) is 10.4. The Bertz CT molecular complexity index is 1010. The van der Waals surface area contributed by atoms with Crippen molar-refractivity contribution in [2.75, 3.05) is 18.4 Å². The largest absolute Gasteiger partial charge is 0.455 e. The second-order valence-corrected chi connectivity index (χ2v) is 9.33. The Labute approximate surface area is 156 Å². The fourth-order valence-electron chi connectivity index (χ4n) is 2.92. The molecule has 0 bridgehead atoms. The van der Waals surface area contributed by atoms with Crippen molar-refractivity contribution >= 4 is 32.3 Å². The number of nitrogens with zero attached hydrogens (tertiary/aromatic N) is 2. The van der Waals surface area contributed by atoms with Crippen LogP contribution in [0.5, 0.6) is 0 Å². The molecule has 0 atom stereocenters. The van der Waals surface area contributed by atoms with Gasteiger partial charge in [-0.1, -0.05) is 0 Å². The van der Waals surface area contributed by atoms with Crippen molar-refractivity contribution < 1.29 is 17.6 Å². The molecule has 0 radical (unpaired) electrons. The summed E-state index contributed by atoms with van der Waals surface area (Å²) < 4.78 is 32.2. The summed E-state index contributed by atoms with van der Waals surface area (Å²) >= 11 is 1.30. The number of aryl methyl sites for hydroxylation is 2. The average Bonchev–Trinajstić information content (AvgIpc) is 3.29. The van der Waals surface area contributed by atoms with Crippen LogP contribution in [-0.4, -0.2) is 31.7 Å². The maximum atomic E-state index is 12.7. The topological polar surface area (TPSA) is 103 Å². The molecule has 1 amide bonds. The normalized spacial score (nSPS) is 15.2. The van der Waals surface area contributed by atoms with Crippen molar-refractivity contribution in [2.24, 2.45) is 0 Å². The van der Waals surface area contributed by atoms with Crippen LogP contribution in [0, 0.1) is 32.1 Å². The van der Waals surface area contributed by atoms with Gasteiger partial charge < -0.3 is 9.73 Å². The fraction of sp³-hybridized carbons (Fsp3) is 0.412. The van der Waals surface area contributed by atoms with Gasteiger partial charge in [0.2, 0.25) is 10.0 Å². The van der Waals surface area contributed by atoms with Crippen molar-refractivity contribution in [3.63, 3.8) is 0 Å². The Hall–Kier alpha value is -2.15. The first-order chi connectivity index (χ1) is 12.3. The number of amides is 1. The van der Waals surface area contributed by atoms with E-state index in [4.69, 9.17) is 4.42 Å². The Morgan fingerprint density at radius 3 is 2.58 bits per heavy atom. The van der Waals surface area contributed by atoms with Gasteiger partial charge >= 0.3 is 0 Å². The first-order valence-electron chi connectivity index (χ1n) is 8.17. The lowest BCUT2D eigenvalue weighted by atomic mass is 10.2. The Morgan fingerprint density at radius 1 is 1.31 bits per heavy atom. The predicted octanol–water partition coefficient (Wildman–Crippen LogP) is 3.17. The molecule has 1 aliphatic heterocycles. The molecule has 26 heavy (non-hydrogen) atoms. The molecule has 1 N–H and O–H groups in total. The Morgan fingerprint density at radius 2 is 1.96 bits per heavy atom. The van der Waals surface area contributed by atoms with Gasteiger partial charge in [0.25, 0.3) is 5.91 Å². The number of nitriles is 1. The van der Waals surface area contributed by atoms with Crippen molar-refractivity contribution in [3.8, 4) is 6.07 Å². The highest BCUT2D eigenvalue weighted by Crippen LogP contribution is 2.32. The van der Waals surface area contributed by atoms with Gasteiger partial charge in [-0.05, 0) is 39.2 Å². The molecule has 3 rings (SSSR count). The van der Waals surface area contributed by atoms with Gasteiger partial charge in [-0.15, -0.1) is 11.3 Å². The molecule has 3 heterocycles. The van der Waals surface area contributed by atoms with Gasteiger partial charge in [0, 0.05) is 24.0 Å². The molecule has 7 nitrogen and oxygen atoms in total. The Kier molecular flexibility index (Phi) is 4.92. The van der Waals surface area contributed by atoms with E-state index >= 15 is 0 Å². The first kappa shape index (κ1) is 18.6. The van der Waals surface area contributed by atoms with E-state index in [1.165, 1.54) is 28.6 Å². The van der Waals surface area contributed by atoms with E-state index in [1.807, 2.05) is 13.8 Å². The zero-order valence-corrected chi connectivity index (χ0v) is 16.4. The molecule has 2 aromatic heterocycles. The standard InChI is InChI=1S/C17H19N3O4S2/c1-10-12(3)25-17(13(10)9-18)19-16(21)14-8-15(11(2)24-14)26(22,23)20-6-4-5-7-20/h8H,4-7H2,1-3H3,(H,19,21). The number of nitrogens with one attached hydrogen (secondary N) is 1. The van der Waals surface area contributed by atoms with E-state index in [-0.39, 0.29) is 16.4 Å². The van der Waals surface area contributed by atoms with Crippen LogP contribution in [0.3, 0.4) is 0 Å². The van der Waals surface area contributed by atoms with Crippen LogP contribution in [-0.2, 0) is 10.0 Å². The molecule has 0 aromatic carbocycles. The minimum absolute atomic E-state index is 0.0172. The zero-order valence-electron chi connectivity index (χ0n) is 14.7. The molecule has 2 aromatic rings. The maximum Gasteiger partial charge on any atom is 0.292 e. The SMILES string of the molecule is Cc1oc(C(=O)Nc2sc(C)c(C)c2C#N)cc1S(=O)(=O)N1CCCC1. The highest BCUT2D eigenvalue weighted by Gasteiger charge is 2.32. The van der Waals surface area contributed by atoms with E-state index < -0.39 is 15.9 Å². The lowest BCUT2D eigenvalue weighted by Crippen LogP contribution is -2.28. The third-order valence-electron chi connectivity index (χ3n) is 4.50. The minimum Gasteiger partial charge on any atom is -0.455 e. The molecular formula is C17H19N3O4S2. The van der Waals surface area contributed by atoms with Crippen LogP contribution in [0.1, 0.15) is 45.2 Å². The van der Waals surface area contributed by atoms with Crippen molar-refractivity contribution in [2.45, 2.75) is 38.5 Å². The monoisotopic (exact) mass is 393 g/mol. The van der Waals surface area contributed by atoms with Gasteiger partial charge in [0.1, 0.15) is 21.7 Å². The summed E-state index contributed by atoms with van der Waals surface area (Å²) in [5.41, 5.74) is 1.23. The van der Waals surface area contributed by atoms with Crippen LogP contribution in [0.15, 0.2) is 15.4 Å². The third kappa shape index (κ3) is 3.16. The Balaban J connectivity index is 1.88. The summed E-state index contributed by atoms with van der Waals surface area (Å²) in [5, 5.41) is 12.4. The summed E-state index contributed by atoms with van der Waals surface area (Å²) in [6.45, 7) is 6.17. The molecule has 0 saturated carbocycles. The number of thiophene rings is 1. The van der Waals surface area contributed by atoms with Gasteiger partial charge in [0.15, 0.2) is 5.76 Å². The second kappa shape index (κ2) is 6.87. The second-order valence-electron chi connectivity index (χ2n) is 6.20. The highest BCUT2D eigenvalue weighted by molar-refractivity contribution is 7.89. The molecule has 1 fully saturated rings. The lowest BCUT2D eigenvalue weighted by molar-refractivity contribution is 0.0995. The number of rotatable bonds is 4. The molecule has 0 unspecified atom stereocenters. The van der Waals surface area contributed by atoms with E-state index in [1.54, 1.807) is 0 Å². The van der Waals surface area contributed by atoms with E-state index in [0.29, 0.717) is 23.7 Å². The number of carbonyl (C=O) groups is 1. The third-order valence-corrected chi connectivity index (χ3v) is 7.63.